The number of amides is 1. The zero-order valence-electron chi connectivity index (χ0n) is 11.6. The molecule has 106 valence electrons. The van der Waals surface area contributed by atoms with Crippen LogP contribution >= 0.6 is 27.7 Å². The third kappa shape index (κ3) is 6.99. The molecule has 0 spiro atoms. The van der Waals surface area contributed by atoms with E-state index in [1.807, 2.05) is 19.1 Å². The van der Waals surface area contributed by atoms with Crippen molar-refractivity contribution in [2.45, 2.75) is 42.9 Å². The first-order valence-corrected chi connectivity index (χ1v) is 7.86. The van der Waals surface area contributed by atoms with Gasteiger partial charge in [-0.1, -0.05) is 15.9 Å². The molecule has 1 amide bonds. The predicted molar refractivity (Wildman–Crippen MR) is 85.4 cm³/mol. The van der Waals surface area contributed by atoms with Crippen molar-refractivity contribution in [3.63, 3.8) is 0 Å². The molecular formula is C14H21BrN2OS. The normalized spacial score (nSPS) is 13.1. The van der Waals surface area contributed by atoms with E-state index in [2.05, 4.69) is 47.2 Å². The number of hydrogen-bond acceptors (Lipinski definition) is 3. The number of thioether (sulfide) groups is 1. The summed E-state index contributed by atoms with van der Waals surface area (Å²) >= 11 is 5.17. The Balaban J connectivity index is 2.47. The number of hydrogen-bond donors (Lipinski definition) is 2. The van der Waals surface area contributed by atoms with Gasteiger partial charge in [0.05, 0.1) is 0 Å². The number of carbonyl (C=O) groups is 1. The third-order valence-electron chi connectivity index (χ3n) is 2.43. The van der Waals surface area contributed by atoms with Crippen LogP contribution in [0.4, 0.5) is 0 Å². The third-order valence-corrected chi connectivity index (χ3v) is 4.16. The number of nitrogens with two attached hydrogens (primary N) is 1. The zero-order valence-corrected chi connectivity index (χ0v) is 14.0. The molecule has 0 saturated carbocycles. The van der Waals surface area contributed by atoms with E-state index in [0.29, 0.717) is 13.0 Å². The first-order chi connectivity index (χ1) is 8.78. The SMILES string of the molecule is CC(N)CC(=O)NCC(C)(C)Sc1ccc(Br)cc1. The van der Waals surface area contributed by atoms with Crippen LogP contribution in [0.1, 0.15) is 27.2 Å². The fraction of sp³-hybridized carbons (Fsp3) is 0.500. The van der Waals surface area contributed by atoms with Crippen LogP contribution in [0, 0.1) is 0 Å². The summed E-state index contributed by atoms with van der Waals surface area (Å²) in [6, 6.07) is 8.09. The highest BCUT2D eigenvalue weighted by Gasteiger charge is 2.20. The Hall–Kier alpha value is -0.520. The summed E-state index contributed by atoms with van der Waals surface area (Å²) in [5, 5.41) is 2.94. The molecule has 1 aromatic rings. The summed E-state index contributed by atoms with van der Waals surface area (Å²) in [5.41, 5.74) is 5.60. The molecule has 0 aliphatic rings. The van der Waals surface area contributed by atoms with Crippen LogP contribution in [0.2, 0.25) is 0 Å². The lowest BCUT2D eigenvalue weighted by atomic mass is 10.2. The number of rotatable bonds is 6. The second kappa shape index (κ2) is 7.31. The Labute approximate surface area is 127 Å². The molecule has 3 N–H and O–H groups in total. The van der Waals surface area contributed by atoms with E-state index in [-0.39, 0.29) is 16.7 Å². The van der Waals surface area contributed by atoms with Gasteiger partial charge in [0.1, 0.15) is 0 Å². The van der Waals surface area contributed by atoms with Crippen molar-refractivity contribution in [1.29, 1.82) is 0 Å². The summed E-state index contributed by atoms with van der Waals surface area (Å²) in [4.78, 5) is 12.8. The van der Waals surface area contributed by atoms with Crippen molar-refractivity contribution in [1.82, 2.24) is 5.32 Å². The summed E-state index contributed by atoms with van der Waals surface area (Å²) in [7, 11) is 0. The second-order valence-corrected chi connectivity index (χ2v) is 7.97. The van der Waals surface area contributed by atoms with Crippen LogP contribution in [-0.4, -0.2) is 23.2 Å². The molecule has 1 rings (SSSR count). The van der Waals surface area contributed by atoms with E-state index >= 15 is 0 Å². The summed E-state index contributed by atoms with van der Waals surface area (Å²) in [6.45, 7) is 6.69. The molecule has 0 heterocycles. The molecule has 0 aromatic heterocycles. The highest BCUT2D eigenvalue weighted by atomic mass is 79.9. The average molecular weight is 345 g/mol. The number of carbonyl (C=O) groups excluding carboxylic acids is 1. The quantitative estimate of drug-likeness (QED) is 0.779. The van der Waals surface area contributed by atoms with Gasteiger partial charge in [-0.05, 0) is 45.0 Å². The summed E-state index contributed by atoms with van der Waals surface area (Å²) in [6.07, 6.45) is 0.374. The maximum atomic E-state index is 11.6. The van der Waals surface area contributed by atoms with E-state index in [9.17, 15) is 4.79 Å². The molecule has 0 radical (unpaired) electrons. The molecule has 0 fully saturated rings. The standard InChI is InChI=1S/C14H21BrN2OS/c1-10(16)8-13(18)17-9-14(2,3)19-12-6-4-11(15)5-7-12/h4-7,10H,8-9,16H2,1-3H3,(H,17,18). The maximum Gasteiger partial charge on any atom is 0.221 e. The Morgan fingerprint density at radius 1 is 1.42 bits per heavy atom. The predicted octanol–water partition coefficient (Wildman–Crippen LogP) is 3.17. The molecule has 0 aliphatic carbocycles. The largest absolute Gasteiger partial charge is 0.355 e. The Morgan fingerprint density at radius 2 is 2.00 bits per heavy atom. The molecule has 5 heteroatoms. The summed E-state index contributed by atoms with van der Waals surface area (Å²) < 4.78 is 1.02. The zero-order chi connectivity index (χ0) is 14.5. The van der Waals surface area contributed by atoms with E-state index in [1.54, 1.807) is 11.8 Å². The molecule has 3 nitrogen and oxygen atoms in total. The van der Waals surface area contributed by atoms with Crippen molar-refractivity contribution >= 4 is 33.6 Å². The Bertz CT molecular complexity index is 418. The number of halogens is 1. The lowest BCUT2D eigenvalue weighted by molar-refractivity contribution is -0.121. The number of benzene rings is 1. The van der Waals surface area contributed by atoms with Gasteiger partial charge < -0.3 is 11.1 Å². The lowest BCUT2D eigenvalue weighted by Crippen LogP contribution is -2.38. The van der Waals surface area contributed by atoms with Gasteiger partial charge in [0.25, 0.3) is 0 Å². The first kappa shape index (κ1) is 16.5. The highest BCUT2D eigenvalue weighted by Crippen LogP contribution is 2.32. The van der Waals surface area contributed by atoms with Crippen LogP contribution in [0.15, 0.2) is 33.6 Å². The van der Waals surface area contributed by atoms with E-state index in [0.717, 1.165) is 4.47 Å². The minimum Gasteiger partial charge on any atom is -0.355 e. The van der Waals surface area contributed by atoms with Crippen LogP contribution in [0.25, 0.3) is 0 Å². The average Bonchev–Trinajstić information content (AvgIpc) is 2.29. The molecular weight excluding hydrogens is 324 g/mol. The Morgan fingerprint density at radius 3 is 2.53 bits per heavy atom. The van der Waals surface area contributed by atoms with Crippen LogP contribution < -0.4 is 11.1 Å². The minimum atomic E-state index is -0.0951. The molecule has 0 aliphatic heterocycles. The minimum absolute atomic E-state index is 0.0134. The van der Waals surface area contributed by atoms with Crippen molar-refractivity contribution in [2.75, 3.05) is 6.54 Å². The van der Waals surface area contributed by atoms with Crippen LogP contribution in [0.3, 0.4) is 0 Å². The van der Waals surface area contributed by atoms with Crippen molar-refractivity contribution < 1.29 is 4.79 Å². The molecule has 19 heavy (non-hydrogen) atoms. The fourth-order valence-corrected chi connectivity index (χ4v) is 2.85. The maximum absolute atomic E-state index is 11.6. The number of nitrogens with one attached hydrogen (secondary N) is 1. The van der Waals surface area contributed by atoms with E-state index in [4.69, 9.17) is 5.73 Å². The fourth-order valence-electron chi connectivity index (χ4n) is 1.53. The topological polar surface area (TPSA) is 55.1 Å². The first-order valence-electron chi connectivity index (χ1n) is 6.25. The monoisotopic (exact) mass is 344 g/mol. The van der Waals surface area contributed by atoms with Gasteiger partial charge in [-0.2, -0.15) is 0 Å². The molecule has 1 atom stereocenters. The smallest absolute Gasteiger partial charge is 0.221 e. The molecule has 1 unspecified atom stereocenters. The lowest BCUT2D eigenvalue weighted by Gasteiger charge is -2.24. The van der Waals surface area contributed by atoms with Crippen molar-refractivity contribution in [2.24, 2.45) is 5.73 Å². The highest BCUT2D eigenvalue weighted by molar-refractivity contribution is 9.10. The molecule has 1 aromatic carbocycles. The van der Waals surface area contributed by atoms with Gasteiger partial charge in [-0.15, -0.1) is 11.8 Å². The van der Waals surface area contributed by atoms with Gasteiger partial charge in [-0.25, -0.2) is 0 Å². The summed E-state index contributed by atoms with van der Waals surface area (Å²) in [5.74, 6) is 0.0134. The molecule has 0 saturated heterocycles. The molecule has 0 bridgehead atoms. The van der Waals surface area contributed by atoms with E-state index < -0.39 is 0 Å². The second-order valence-electron chi connectivity index (χ2n) is 5.27. The van der Waals surface area contributed by atoms with Crippen LogP contribution in [-0.2, 0) is 4.79 Å². The van der Waals surface area contributed by atoms with Gasteiger partial charge in [0.2, 0.25) is 5.91 Å². The van der Waals surface area contributed by atoms with E-state index in [1.165, 1.54) is 4.90 Å². The van der Waals surface area contributed by atoms with Gasteiger partial charge in [0.15, 0.2) is 0 Å². The van der Waals surface area contributed by atoms with Crippen LogP contribution in [0.5, 0.6) is 0 Å². The van der Waals surface area contributed by atoms with Gasteiger partial charge in [-0.3, -0.25) is 4.79 Å². The van der Waals surface area contributed by atoms with Gasteiger partial charge in [0, 0.05) is 33.1 Å². The Kier molecular flexibility index (Phi) is 6.36. The van der Waals surface area contributed by atoms with Crippen molar-refractivity contribution in [3.8, 4) is 0 Å². The van der Waals surface area contributed by atoms with Gasteiger partial charge >= 0.3 is 0 Å². The van der Waals surface area contributed by atoms with Crippen molar-refractivity contribution in [3.05, 3.63) is 28.7 Å².